The van der Waals surface area contributed by atoms with Crippen molar-refractivity contribution in [2.45, 2.75) is 13.3 Å². The molecule has 1 N–H and O–H groups in total. The van der Waals surface area contributed by atoms with E-state index in [0.29, 0.717) is 23.0 Å². The lowest BCUT2D eigenvalue weighted by molar-refractivity contribution is -0.133. The molecule has 2 rings (SSSR count). The Balaban J connectivity index is 2.22. The molecule has 1 saturated heterocycles. The predicted octanol–water partition coefficient (Wildman–Crippen LogP) is 2.34. The highest BCUT2D eigenvalue weighted by Gasteiger charge is 2.20. The zero-order valence-corrected chi connectivity index (χ0v) is 13.4. The van der Waals surface area contributed by atoms with E-state index in [-0.39, 0.29) is 11.8 Å². The van der Waals surface area contributed by atoms with Crippen LogP contribution in [0.4, 0.5) is 5.13 Å². The normalized spacial score (nSPS) is 19.1. The van der Waals surface area contributed by atoms with Crippen LogP contribution >= 0.6 is 23.4 Å². The van der Waals surface area contributed by atoms with E-state index in [4.69, 9.17) is 8.92 Å². The van der Waals surface area contributed by atoms with Crippen LogP contribution in [0.2, 0.25) is 0 Å². The summed E-state index contributed by atoms with van der Waals surface area (Å²) < 4.78 is 10.1. The summed E-state index contributed by atoms with van der Waals surface area (Å²) in [4.78, 5) is 27.3. The van der Waals surface area contributed by atoms with Crippen LogP contribution in [0, 0.1) is 5.92 Å². The molecule has 0 radical (unpaired) electrons. The average molecular weight is 328 g/mol. The van der Waals surface area contributed by atoms with Gasteiger partial charge in [0.2, 0.25) is 5.91 Å². The average Bonchev–Trinajstić information content (AvgIpc) is 2.92. The molecule has 1 aliphatic rings. The fourth-order valence-corrected chi connectivity index (χ4v) is 3.32. The maximum Gasteiger partial charge on any atom is 0.339 e. The van der Waals surface area contributed by atoms with E-state index < -0.39 is 5.97 Å². The Morgan fingerprint density at radius 2 is 2.38 bits per heavy atom. The van der Waals surface area contributed by atoms with Crippen molar-refractivity contribution in [3.05, 3.63) is 17.2 Å². The van der Waals surface area contributed by atoms with Crippen molar-refractivity contribution >= 4 is 46.0 Å². The minimum absolute atomic E-state index is 0.194. The lowest BCUT2D eigenvalue weighted by Crippen LogP contribution is -2.13. The number of carbonyl (C=O) groups excluding carboxylic acids is 2. The monoisotopic (exact) mass is 328 g/mol. The first kappa shape index (κ1) is 16.0. The number of thiazole rings is 1. The largest absolute Gasteiger partial charge is 0.465 e. The number of nitrogens with one attached hydrogen (secondary N) is 1. The van der Waals surface area contributed by atoms with E-state index in [1.54, 1.807) is 5.38 Å². The van der Waals surface area contributed by atoms with E-state index in [1.165, 1.54) is 37.4 Å². The number of hydrogen-bond acceptors (Lipinski definition) is 7. The molecule has 1 unspecified atom stereocenters. The first-order valence-electron chi connectivity index (χ1n) is 6.38. The summed E-state index contributed by atoms with van der Waals surface area (Å²) >= 11 is 2.68. The molecule has 1 aromatic rings. The highest BCUT2D eigenvalue weighted by molar-refractivity contribution is 7.94. The van der Waals surface area contributed by atoms with Gasteiger partial charge in [0.05, 0.1) is 25.0 Å². The van der Waals surface area contributed by atoms with Gasteiger partial charge in [0.1, 0.15) is 0 Å². The second kappa shape index (κ2) is 7.58. The SMILES string of the molecule is COC(=O)/C(=C\C1CCOSC1)c1csc(NC(C)=O)n1. The van der Waals surface area contributed by atoms with Gasteiger partial charge >= 0.3 is 5.97 Å². The Bertz CT molecular complexity index is 550. The highest BCUT2D eigenvalue weighted by Crippen LogP contribution is 2.28. The number of hydrogen-bond donors (Lipinski definition) is 1. The van der Waals surface area contributed by atoms with Crippen molar-refractivity contribution in [1.82, 2.24) is 4.98 Å². The van der Waals surface area contributed by atoms with Gasteiger partial charge in [-0.15, -0.1) is 11.3 Å². The topological polar surface area (TPSA) is 77.5 Å². The number of carbonyl (C=O) groups is 2. The maximum atomic E-state index is 12.0. The van der Waals surface area contributed by atoms with E-state index in [0.717, 1.165) is 12.2 Å². The van der Waals surface area contributed by atoms with E-state index in [1.807, 2.05) is 6.08 Å². The van der Waals surface area contributed by atoms with Gasteiger partial charge < -0.3 is 14.2 Å². The van der Waals surface area contributed by atoms with Crippen LogP contribution in [0.3, 0.4) is 0 Å². The van der Waals surface area contributed by atoms with Gasteiger partial charge in [-0.3, -0.25) is 4.79 Å². The van der Waals surface area contributed by atoms with E-state index >= 15 is 0 Å². The molecule has 0 saturated carbocycles. The third-order valence-electron chi connectivity index (χ3n) is 2.81. The first-order chi connectivity index (χ1) is 10.1. The molecule has 1 aromatic heterocycles. The fraction of sp³-hybridized carbons (Fsp3) is 0.462. The molecule has 1 amide bonds. The van der Waals surface area contributed by atoms with Crippen molar-refractivity contribution in [2.24, 2.45) is 5.92 Å². The number of aromatic nitrogens is 1. The van der Waals surface area contributed by atoms with Gasteiger partial charge in [-0.25, -0.2) is 9.78 Å². The van der Waals surface area contributed by atoms with Crippen LogP contribution in [0.25, 0.3) is 5.57 Å². The summed E-state index contributed by atoms with van der Waals surface area (Å²) in [5.41, 5.74) is 0.949. The van der Waals surface area contributed by atoms with Crippen LogP contribution in [-0.4, -0.2) is 36.3 Å². The lowest BCUT2D eigenvalue weighted by Gasteiger charge is -2.18. The standard InChI is InChI=1S/C13H16N2O4S2/c1-8(16)14-13-15-11(7-20-13)10(12(17)18-2)5-9-3-4-19-21-6-9/h5,7,9H,3-4,6H2,1-2H3,(H,14,15,16)/b10-5-. The molecule has 0 spiro atoms. The number of allylic oxidation sites excluding steroid dienone is 1. The molecular formula is C13H16N2O4S2. The summed E-state index contributed by atoms with van der Waals surface area (Å²) in [6.07, 6.45) is 2.74. The van der Waals surface area contributed by atoms with Gasteiger partial charge in [-0.2, -0.15) is 0 Å². The first-order valence-corrected chi connectivity index (χ1v) is 8.17. The number of esters is 1. The third-order valence-corrected chi connectivity index (χ3v) is 4.46. The minimum Gasteiger partial charge on any atom is -0.465 e. The molecule has 21 heavy (non-hydrogen) atoms. The molecule has 0 aromatic carbocycles. The third kappa shape index (κ3) is 4.55. The summed E-state index contributed by atoms with van der Waals surface area (Å²) in [7, 11) is 1.34. The Morgan fingerprint density at radius 1 is 1.57 bits per heavy atom. The van der Waals surface area contributed by atoms with Crippen LogP contribution in [0.5, 0.6) is 0 Å². The predicted molar refractivity (Wildman–Crippen MR) is 82.9 cm³/mol. The van der Waals surface area contributed by atoms with Crippen molar-refractivity contribution in [3.63, 3.8) is 0 Å². The molecule has 0 bridgehead atoms. The number of anilines is 1. The maximum absolute atomic E-state index is 12.0. The molecule has 8 heteroatoms. The summed E-state index contributed by atoms with van der Waals surface area (Å²) in [6, 6.07) is 0. The molecule has 1 atom stereocenters. The Kier molecular flexibility index (Phi) is 5.77. The highest BCUT2D eigenvalue weighted by atomic mass is 32.2. The molecule has 0 aliphatic carbocycles. The number of methoxy groups -OCH3 is 1. The molecule has 1 fully saturated rings. The Hall–Kier alpha value is -1.38. The van der Waals surface area contributed by atoms with E-state index in [2.05, 4.69) is 10.3 Å². The van der Waals surface area contributed by atoms with Gasteiger partial charge in [0, 0.05) is 18.1 Å². The lowest BCUT2D eigenvalue weighted by atomic mass is 10.0. The van der Waals surface area contributed by atoms with E-state index in [9.17, 15) is 9.59 Å². The molecule has 2 heterocycles. The van der Waals surface area contributed by atoms with Crippen molar-refractivity contribution < 1.29 is 18.5 Å². The molecule has 114 valence electrons. The second-order valence-corrected chi connectivity index (χ2v) is 6.11. The second-order valence-electron chi connectivity index (χ2n) is 4.45. The van der Waals surface area contributed by atoms with Crippen LogP contribution in [0.1, 0.15) is 19.0 Å². The summed E-state index contributed by atoms with van der Waals surface area (Å²) in [5.74, 6) is 0.415. The van der Waals surface area contributed by atoms with Gasteiger partial charge in [0.15, 0.2) is 5.13 Å². The fourth-order valence-electron chi connectivity index (χ4n) is 1.82. The number of nitrogens with zero attached hydrogens (tertiary/aromatic N) is 1. The zero-order valence-electron chi connectivity index (χ0n) is 11.8. The smallest absolute Gasteiger partial charge is 0.339 e. The zero-order chi connectivity index (χ0) is 15.2. The molecular weight excluding hydrogens is 312 g/mol. The summed E-state index contributed by atoms with van der Waals surface area (Å²) in [6.45, 7) is 2.08. The van der Waals surface area contributed by atoms with Crippen LogP contribution < -0.4 is 5.32 Å². The minimum atomic E-state index is -0.425. The van der Waals surface area contributed by atoms with Crippen LogP contribution in [0.15, 0.2) is 11.5 Å². The number of amides is 1. The van der Waals surface area contributed by atoms with Crippen LogP contribution in [-0.2, 0) is 18.5 Å². The quantitative estimate of drug-likeness (QED) is 0.519. The van der Waals surface area contributed by atoms with Crippen molar-refractivity contribution in [2.75, 3.05) is 24.8 Å². The van der Waals surface area contributed by atoms with Gasteiger partial charge in [-0.05, 0) is 24.4 Å². The van der Waals surface area contributed by atoms with Crippen molar-refractivity contribution in [3.8, 4) is 0 Å². The van der Waals surface area contributed by atoms with Gasteiger partial charge in [0.25, 0.3) is 0 Å². The van der Waals surface area contributed by atoms with Crippen molar-refractivity contribution in [1.29, 1.82) is 0 Å². The Morgan fingerprint density at radius 3 is 3.00 bits per heavy atom. The van der Waals surface area contributed by atoms with Gasteiger partial charge in [-0.1, -0.05) is 6.08 Å². The summed E-state index contributed by atoms with van der Waals surface area (Å²) in [5, 5.41) is 4.81. The number of ether oxygens (including phenoxy) is 1. The molecule has 6 nitrogen and oxygen atoms in total. The molecule has 1 aliphatic heterocycles. The Labute approximate surface area is 131 Å². The number of rotatable bonds is 4.